The molecule has 1 heterocycles. The van der Waals surface area contributed by atoms with Crippen molar-refractivity contribution in [2.24, 2.45) is 5.10 Å². The van der Waals surface area contributed by atoms with Gasteiger partial charge in [0.15, 0.2) is 17.2 Å². The van der Waals surface area contributed by atoms with Crippen molar-refractivity contribution in [1.82, 2.24) is 10.7 Å². The second-order valence-electron chi connectivity index (χ2n) is 7.20. The summed E-state index contributed by atoms with van der Waals surface area (Å²) in [4.78, 5) is 35.8. The molecule has 1 aliphatic rings. The smallest absolute Gasteiger partial charge is 0.311 e. The highest BCUT2D eigenvalue weighted by Gasteiger charge is 2.17. The van der Waals surface area contributed by atoms with Gasteiger partial charge in [0.25, 0.3) is 11.8 Å². The molecule has 0 unspecified atom stereocenters. The third-order valence-electron chi connectivity index (χ3n) is 4.81. The Morgan fingerprint density at radius 2 is 1.74 bits per heavy atom. The molecule has 35 heavy (non-hydrogen) atoms. The van der Waals surface area contributed by atoms with Crippen LogP contribution in [0.5, 0.6) is 17.2 Å². The second-order valence-corrected chi connectivity index (χ2v) is 7.20. The lowest BCUT2D eigenvalue weighted by atomic mass is 10.1. The number of hydrogen-bond acceptors (Lipinski definition) is 8. The number of phenolic OH excluding ortho intramolecular Hbond substituents is 1. The molecule has 0 saturated carbocycles. The molecule has 0 bridgehead atoms. The molecule has 11 nitrogen and oxygen atoms in total. The van der Waals surface area contributed by atoms with Crippen LogP contribution < -0.4 is 20.2 Å². The van der Waals surface area contributed by atoms with Crippen molar-refractivity contribution in [1.29, 1.82) is 0 Å². The number of hydrazone groups is 1. The molecule has 0 radical (unpaired) electrons. The number of ether oxygens (including phenoxy) is 2. The lowest BCUT2D eigenvalue weighted by Crippen LogP contribution is -2.32. The number of carbonyl (C=O) groups excluding carboxylic acids is 2. The summed E-state index contributed by atoms with van der Waals surface area (Å²) in [5, 5.41) is 26.9. The predicted octanol–water partition coefficient (Wildman–Crippen LogP) is 2.95. The van der Waals surface area contributed by atoms with Crippen molar-refractivity contribution in [2.45, 2.75) is 0 Å². The summed E-state index contributed by atoms with van der Waals surface area (Å²) in [5.41, 5.74) is 2.85. The molecule has 0 aliphatic carbocycles. The van der Waals surface area contributed by atoms with E-state index in [-0.39, 0.29) is 18.1 Å². The van der Waals surface area contributed by atoms with Gasteiger partial charge in [0.05, 0.1) is 11.1 Å². The number of nitrogens with zero attached hydrogens (tertiary/aromatic N) is 2. The number of fused-ring (bicyclic) bond motifs is 1. The number of nitrogens with one attached hydrogen (secondary N) is 2. The van der Waals surface area contributed by atoms with Gasteiger partial charge in [-0.3, -0.25) is 19.7 Å². The number of nitro groups is 1. The molecule has 0 fully saturated rings. The number of aromatic hydroxyl groups is 1. The van der Waals surface area contributed by atoms with Crippen LogP contribution in [0.2, 0.25) is 0 Å². The summed E-state index contributed by atoms with van der Waals surface area (Å²) < 4.78 is 10.6. The Kier molecular flexibility index (Phi) is 6.68. The normalized spacial score (nSPS) is 12.4. The van der Waals surface area contributed by atoms with E-state index in [1.807, 2.05) is 0 Å². The lowest BCUT2D eigenvalue weighted by molar-refractivity contribution is -0.385. The largest absolute Gasteiger partial charge is 0.502 e. The molecule has 3 aromatic rings. The standard InChI is InChI=1S/C24H18N4O7/c29-20-8-6-16(11-19(20)28(32)33)13-25-27-24(31)18(26-23(30)17-4-2-1-3-5-17)10-15-7-9-21-22(12-15)35-14-34-21/h1-13,29H,14H2,(H,26,30)(H,27,31)/b18-10+,25-13-. The number of amides is 2. The molecule has 11 heteroatoms. The minimum Gasteiger partial charge on any atom is -0.502 e. The third-order valence-corrected chi connectivity index (χ3v) is 4.81. The van der Waals surface area contributed by atoms with Crippen molar-refractivity contribution < 1.29 is 29.1 Å². The van der Waals surface area contributed by atoms with E-state index < -0.39 is 28.2 Å². The summed E-state index contributed by atoms with van der Waals surface area (Å²) in [6, 6.07) is 17.0. The van der Waals surface area contributed by atoms with E-state index in [4.69, 9.17) is 9.47 Å². The summed E-state index contributed by atoms with van der Waals surface area (Å²) in [6.07, 6.45) is 2.61. The lowest BCUT2D eigenvalue weighted by Gasteiger charge is -2.09. The molecule has 0 atom stereocenters. The minimum absolute atomic E-state index is 0.0880. The fraction of sp³-hybridized carbons (Fsp3) is 0.0417. The first kappa shape index (κ1) is 23.0. The van der Waals surface area contributed by atoms with Gasteiger partial charge in [0, 0.05) is 17.2 Å². The maximum Gasteiger partial charge on any atom is 0.311 e. The molecule has 176 valence electrons. The highest BCUT2D eigenvalue weighted by Crippen LogP contribution is 2.33. The molecular formula is C24H18N4O7. The molecule has 3 aromatic carbocycles. The van der Waals surface area contributed by atoms with Gasteiger partial charge in [0.2, 0.25) is 6.79 Å². The zero-order valence-electron chi connectivity index (χ0n) is 18.0. The van der Waals surface area contributed by atoms with E-state index >= 15 is 0 Å². The van der Waals surface area contributed by atoms with Gasteiger partial charge in [-0.05, 0) is 48.0 Å². The molecule has 0 spiro atoms. The van der Waals surface area contributed by atoms with Gasteiger partial charge in [0.1, 0.15) is 5.70 Å². The number of nitro benzene ring substituents is 1. The second kappa shape index (κ2) is 10.2. The van der Waals surface area contributed by atoms with Crippen LogP contribution >= 0.6 is 0 Å². The zero-order chi connectivity index (χ0) is 24.8. The molecule has 0 aromatic heterocycles. The number of phenols is 1. The Morgan fingerprint density at radius 1 is 1.00 bits per heavy atom. The Balaban J connectivity index is 1.56. The Morgan fingerprint density at radius 3 is 2.51 bits per heavy atom. The maximum absolute atomic E-state index is 12.9. The first-order chi connectivity index (χ1) is 16.9. The monoisotopic (exact) mass is 474 g/mol. The molecule has 3 N–H and O–H groups in total. The maximum atomic E-state index is 12.9. The van der Waals surface area contributed by atoms with Crippen LogP contribution in [0.3, 0.4) is 0 Å². The first-order valence-corrected chi connectivity index (χ1v) is 10.2. The van der Waals surface area contributed by atoms with Crippen molar-refractivity contribution in [3.63, 3.8) is 0 Å². The van der Waals surface area contributed by atoms with E-state index in [9.17, 15) is 24.8 Å². The summed E-state index contributed by atoms with van der Waals surface area (Å²) in [7, 11) is 0. The van der Waals surface area contributed by atoms with Crippen molar-refractivity contribution in [2.75, 3.05) is 6.79 Å². The fourth-order valence-corrected chi connectivity index (χ4v) is 3.10. The summed E-state index contributed by atoms with van der Waals surface area (Å²) >= 11 is 0. The van der Waals surface area contributed by atoms with E-state index in [1.165, 1.54) is 18.4 Å². The van der Waals surface area contributed by atoms with E-state index in [0.29, 0.717) is 22.6 Å². The van der Waals surface area contributed by atoms with Crippen molar-refractivity contribution >= 4 is 29.8 Å². The summed E-state index contributed by atoms with van der Waals surface area (Å²) in [6.45, 7) is 0.0880. The predicted molar refractivity (Wildman–Crippen MR) is 125 cm³/mol. The SMILES string of the molecule is O=C(N/N=C\c1ccc(O)c([N+](=O)[O-])c1)/C(=C\c1ccc2c(c1)OCO2)NC(=O)c1ccccc1. The van der Waals surface area contributed by atoms with Gasteiger partial charge < -0.3 is 19.9 Å². The van der Waals surface area contributed by atoms with E-state index in [2.05, 4.69) is 15.8 Å². The number of benzene rings is 3. The Bertz CT molecular complexity index is 1350. The van der Waals surface area contributed by atoms with Gasteiger partial charge in [-0.25, -0.2) is 5.43 Å². The topological polar surface area (TPSA) is 152 Å². The van der Waals surface area contributed by atoms with Gasteiger partial charge in [-0.1, -0.05) is 24.3 Å². The number of carbonyl (C=O) groups is 2. The van der Waals surface area contributed by atoms with Gasteiger partial charge >= 0.3 is 5.69 Å². The van der Waals surface area contributed by atoms with Crippen molar-refractivity contribution in [3.05, 3.63) is 99.2 Å². The average Bonchev–Trinajstić information content (AvgIpc) is 3.33. The first-order valence-electron chi connectivity index (χ1n) is 10.2. The van der Waals surface area contributed by atoms with E-state index in [1.54, 1.807) is 48.5 Å². The highest BCUT2D eigenvalue weighted by molar-refractivity contribution is 6.05. The fourth-order valence-electron chi connectivity index (χ4n) is 3.10. The number of hydrogen-bond donors (Lipinski definition) is 3. The number of rotatable bonds is 7. The molecule has 4 rings (SSSR count). The molecule has 0 saturated heterocycles. The van der Waals surface area contributed by atoms with Crippen LogP contribution in [0.15, 0.2) is 77.5 Å². The third kappa shape index (κ3) is 5.60. The van der Waals surface area contributed by atoms with Gasteiger partial charge in [-0.2, -0.15) is 5.10 Å². The summed E-state index contributed by atoms with van der Waals surface area (Å²) in [5.74, 6) is -0.676. The quantitative estimate of drug-likeness (QED) is 0.206. The van der Waals surface area contributed by atoms with Crippen LogP contribution in [-0.4, -0.2) is 34.9 Å². The van der Waals surface area contributed by atoms with Crippen LogP contribution in [0.4, 0.5) is 5.69 Å². The highest BCUT2D eigenvalue weighted by atomic mass is 16.7. The van der Waals surface area contributed by atoms with Crippen LogP contribution in [-0.2, 0) is 4.79 Å². The van der Waals surface area contributed by atoms with Crippen molar-refractivity contribution in [3.8, 4) is 17.2 Å². The van der Waals surface area contributed by atoms with Crippen LogP contribution in [0.1, 0.15) is 21.5 Å². The van der Waals surface area contributed by atoms with Gasteiger partial charge in [-0.15, -0.1) is 0 Å². The van der Waals surface area contributed by atoms with Crippen LogP contribution in [0, 0.1) is 10.1 Å². The minimum atomic E-state index is -0.740. The van der Waals surface area contributed by atoms with E-state index in [0.717, 1.165) is 12.1 Å². The zero-order valence-corrected chi connectivity index (χ0v) is 18.0. The molecule has 1 aliphatic heterocycles. The molecular weight excluding hydrogens is 456 g/mol. The Hall–Kier alpha value is -5.19. The Labute approximate surface area is 198 Å². The molecule has 2 amide bonds. The van der Waals surface area contributed by atoms with Crippen LogP contribution in [0.25, 0.3) is 6.08 Å². The average molecular weight is 474 g/mol.